The van der Waals surface area contributed by atoms with Crippen LogP contribution in [0.25, 0.3) is 21.8 Å². The number of carbonyl (C=O) groups is 4. The van der Waals surface area contributed by atoms with Crippen molar-refractivity contribution in [1.82, 2.24) is 14.9 Å². The van der Waals surface area contributed by atoms with Crippen molar-refractivity contribution < 1.29 is 29.4 Å². The number of hydrogen-bond acceptors (Lipinski definition) is 6. The minimum Gasteiger partial charge on any atom is -0.394 e. The summed E-state index contributed by atoms with van der Waals surface area (Å²) >= 11 is 0. The molecule has 0 aliphatic carbocycles. The summed E-state index contributed by atoms with van der Waals surface area (Å²) in [6.45, 7) is 2.37. The maximum Gasteiger partial charge on any atom is 0.264 e. The Morgan fingerprint density at radius 2 is 1.47 bits per heavy atom. The summed E-state index contributed by atoms with van der Waals surface area (Å²) in [6.07, 6.45) is 9.01. The number of amides is 4. The molecule has 4 amide bonds. The molecule has 0 bridgehead atoms. The van der Waals surface area contributed by atoms with Gasteiger partial charge in [-0.15, -0.1) is 0 Å². The predicted molar refractivity (Wildman–Crippen MR) is 224 cm³/mol. The Kier molecular flexibility index (Phi) is 10.7. The largest absolute Gasteiger partial charge is 0.394 e. The summed E-state index contributed by atoms with van der Waals surface area (Å²) in [7, 11) is 0. The van der Waals surface area contributed by atoms with Gasteiger partial charge in [-0.2, -0.15) is 0 Å². The highest BCUT2D eigenvalue weighted by atomic mass is 16.3. The summed E-state index contributed by atoms with van der Waals surface area (Å²) in [5.74, 6) is -1.82. The SMILES string of the molecule is C[C@@H](/C=C/CC(=O)N1CCC[C@H]1CO)[C@]1(O)C(=O)N(Cc2ccc(NC(=O)Cc3c[nH]c4ccccc34)cc2)c2ccc(NC(=O)Cc3c[nH]c4ccccc34)cc21. The fourth-order valence-corrected chi connectivity index (χ4v) is 8.35. The zero-order valence-electron chi connectivity index (χ0n) is 32.2. The zero-order chi connectivity index (χ0) is 40.4. The van der Waals surface area contributed by atoms with Crippen molar-refractivity contribution in [2.24, 2.45) is 5.92 Å². The first-order valence-electron chi connectivity index (χ1n) is 19.7. The molecule has 1 saturated heterocycles. The van der Waals surface area contributed by atoms with Gasteiger partial charge in [0, 0.05) is 70.0 Å². The minimum atomic E-state index is -2.01. The van der Waals surface area contributed by atoms with Crippen LogP contribution in [0, 0.1) is 5.92 Å². The smallest absolute Gasteiger partial charge is 0.264 e. The van der Waals surface area contributed by atoms with E-state index in [0.717, 1.165) is 51.3 Å². The third kappa shape index (κ3) is 7.51. The van der Waals surface area contributed by atoms with Crippen LogP contribution in [0.1, 0.15) is 48.4 Å². The maximum atomic E-state index is 14.4. The van der Waals surface area contributed by atoms with E-state index < -0.39 is 17.4 Å². The van der Waals surface area contributed by atoms with Gasteiger partial charge >= 0.3 is 0 Å². The Balaban J connectivity index is 1.00. The number of hydrogen-bond donors (Lipinski definition) is 6. The van der Waals surface area contributed by atoms with Crippen LogP contribution in [0.3, 0.4) is 0 Å². The summed E-state index contributed by atoms with van der Waals surface area (Å²) < 4.78 is 0. The molecule has 0 saturated carbocycles. The van der Waals surface area contributed by atoms with Crippen LogP contribution in [0.15, 0.2) is 116 Å². The number of fused-ring (bicyclic) bond motifs is 3. The van der Waals surface area contributed by atoms with E-state index in [0.29, 0.717) is 29.2 Å². The van der Waals surface area contributed by atoms with Gasteiger partial charge in [-0.25, -0.2) is 0 Å². The Morgan fingerprint density at radius 1 is 0.862 bits per heavy atom. The molecule has 6 N–H and O–H groups in total. The van der Waals surface area contributed by atoms with Crippen LogP contribution >= 0.6 is 0 Å². The number of rotatable bonds is 13. The number of aromatic nitrogens is 2. The van der Waals surface area contributed by atoms with Crippen molar-refractivity contribution in [3.8, 4) is 0 Å². The molecule has 6 aromatic rings. The number of carbonyl (C=O) groups excluding carboxylic acids is 4. The van der Waals surface area contributed by atoms with E-state index in [1.807, 2.05) is 73.1 Å². The van der Waals surface area contributed by atoms with Gasteiger partial charge in [0.05, 0.1) is 37.7 Å². The van der Waals surface area contributed by atoms with Crippen molar-refractivity contribution in [1.29, 1.82) is 0 Å². The first kappa shape index (κ1) is 38.4. The van der Waals surface area contributed by atoms with Crippen LogP contribution < -0.4 is 15.5 Å². The molecule has 296 valence electrons. The molecule has 12 heteroatoms. The molecule has 0 spiro atoms. The topological polar surface area (TPSA) is 171 Å². The van der Waals surface area contributed by atoms with Crippen molar-refractivity contribution >= 4 is 62.5 Å². The standard InChI is InChI=1S/C46H46N6O6/c1-29(8-6-14-44(56)51-21-7-9-35(51)28-53)46(58)38-24-34(50-43(55)23-32-26-48-40-13-5-3-11-37(32)40)19-20-41(38)52(45(46)57)27-30-15-17-33(18-16-30)49-42(54)22-31-25-47-39-12-4-2-10-36(31)39/h2-6,8,10-13,15-20,24-26,29,35,47-48,53,58H,7,9,14,21-23,27-28H2,1H3,(H,49,54)(H,50,55)/b8-6+/t29-,35-,46+/m0/s1. The molecule has 8 rings (SSSR count). The normalized spacial score (nSPS) is 18.3. The fourth-order valence-electron chi connectivity index (χ4n) is 8.35. The van der Waals surface area contributed by atoms with E-state index in [1.54, 1.807) is 54.3 Å². The Morgan fingerprint density at radius 3 is 2.10 bits per heavy atom. The number of aliphatic hydroxyl groups is 2. The fraction of sp³-hybridized carbons (Fsp3) is 0.261. The predicted octanol–water partition coefficient (Wildman–Crippen LogP) is 6.31. The van der Waals surface area contributed by atoms with Gasteiger partial charge in [0.15, 0.2) is 5.60 Å². The van der Waals surface area contributed by atoms with E-state index >= 15 is 0 Å². The first-order valence-corrected chi connectivity index (χ1v) is 19.7. The van der Waals surface area contributed by atoms with E-state index in [9.17, 15) is 29.4 Å². The average Bonchev–Trinajstić information content (AvgIpc) is 4.02. The molecule has 2 aromatic heterocycles. The van der Waals surface area contributed by atoms with Crippen LogP contribution in [-0.4, -0.2) is 67.9 Å². The Labute approximate surface area is 335 Å². The van der Waals surface area contributed by atoms with Crippen LogP contribution in [-0.2, 0) is 44.2 Å². The third-order valence-corrected chi connectivity index (χ3v) is 11.5. The maximum absolute atomic E-state index is 14.4. The number of H-pyrrole nitrogens is 2. The molecule has 12 nitrogen and oxygen atoms in total. The van der Waals surface area contributed by atoms with Crippen LogP contribution in [0.4, 0.5) is 17.1 Å². The van der Waals surface area contributed by atoms with Gasteiger partial charge in [0.2, 0.25) is 17.7 Å². The second kappa shape index (κ2) is 16.2. The molecule has 1 fully saturated rings. The number of benzene rings is 4. The Bertz CT molecular complexity index is 2540. The highest BCUT2D eigenvalue weighted by Gasteiger charge is 2.52. The quantitative estimate of drug-likeness (QED) is 0.0751. The molecule has 2 aliphatic heterocycles. The average molecular weight is 779 g/mol. The molecule has 4 aromatic carbocycles. The van der Waals surface area contributed by atoms with Crippen molar-refractivity contribution in [3.05, 3.63) is 138 Å². The summed E-state index contributed by atoms with van der Waals surface area (Å²) in [4.78, 5) is 63.3. The van der Waals surface area contributed by atoms with Gasteiger partial charge in [-0.1, -0.05) is 67.6 Å². The zero-order valence-corrected chi connectivity index (χ0v) is 32.2. The van der Waals surface area contributed by atoms with Gasteiger partial charge in [-0.3, -0.25) is 19.2 Å². The lowest BCUT2D eigenvalue weighted by molar-refractivity contribution is -0.139. The van der Waals surface area contributed by atoms with E-state index in [-0.39, 0.29) is 56.2 Å². The summed E-state index contributed by atoms with van der Waals surface area (Å²) in [6, 6.07) is 27.7. The third-order valence-electron chi connectivity index (χ3n) is 11.5. The number of para-hydroxylation sites is 2. The minimum absolute atomic E-state index is 0.0658. The number of anilines is 3. The molecule has 2 aliphatic rings. The lowest BCUT2D eigenvalue weighted by Gasteiger charge is -2.28. The molecular weight excluding hydrogens is 733 g/mol. The lowest BCUT2D eigenvalue weighted by atomic mass is 9.82. The molecule has 0 radical (unpaired) electrons. The highest BCUT2D eigenvalue weighted by molar-refractivity contribution is 6.08. The second-order valence-corrected chi connectivity index (χ2v) is 15.2. The number of likely N-dealkylation sites (tertiary alicyclic amines) is 1. The second-order valence-electron chi connectivity index (χ2n) is 15.2. The monoisotopic (exact) mass is 778 g/mol. The van der Waals surface area contributed by atoms with Crippen molar-refractivity contribution in [3.63, 3.8) is 0 Å². The van der Waals surface area contributed by atoms with Gasteiger partial charge < -0.3 is 40.6 Å². The van der Waals surface area contributed by atoms with E-state index in [2.05, 4.69) is 20.6 Å². The number of nitrogens with zero attached hydrogens (tertiary/aromatic N) is 2. The van der Waals surface area contributed by atoms with Gasteiger partial charge in [0.25, 0.3) is 5.91 Å². The summed E-state index contributed by atoms with van der Waals surface area (Å²) in [5, 5.41) is 30.0. The van der Waals surface area contributed by atoms with Gasteiger partial charge in [-0.05, 0) is 72.0 Å². The Hall–Kier alpha value is -6.50. The lowest BCUT2D eigenvalue weighted by Crippen LogP contribution is -2.44. The number of nitrogens with one attached hydrogen (secondary N) is 4. The molecular formula is C46H46N6O6. The first-order chi connectivity index (χ1) is 28.1. The molecule has 0 unspecified atom stereocenters. The van der Waals surface area contributed by atoms with Crippen molar-refractivity contribution in [2.45, 2.75) is 57.2 Å². The van der Waals surface area contributed by atoms with Gasteiger partial charge in [0.1, 0.15) is 0 Å². The van der Waals surface area contributed by atoms with E-state index in [1.165, 1.54) is 4.90 Å². The number of aliphatic hydroxyl groups excluding tert-OH is 1. The van der Waals surface area contributed by atoms with Crippen LogP contribution in [0.2, 0.25) is 0 Å². The molecule has 4 heterocycles. The van der Waals surface area contributed by atoms with Crippen molar-refractivity contribution in [2.75, 3.05) is 28.7 Å². The summed E-state index contributed by atoms with van der Waals surface area (Å²) in [5.41, 5.74) is 4.29. The molecule has 3 atom stereocenters. The number of aromatic amines is 2. The van der Waals surface area contributed by atoms with Crippen LogP contribution in [0.5, 0.6) is 0 Å². The highest BCUT2D eigenvalue weighted by Crippen LogP contribution is 2.47. The van der Waals surface area contributed by atoms with E-state index in [4.69, 9.17) is 0 Å². The molecule has 58 heavy (non-hydrogen) atoms.